The van der Waals surface area contributed by atoms with Crippen molar-refractivity contribution in [3.8, 4) is 0 Å². The van der Waals surface area contributed by atoms with Crippen LogP contribution in [-0.4, -0.2) is 33.4 Å². The molecule has 1 fully saturated rings. The van der Waals surface area contributed by atoms with E-state index in [1.807, 2.05) is 6.92 Å². The molecule has 1 aliphatic heterocycles. The van der Waals surface area contributed by atoms with E-state index in [9.17, 15) is 0 Å². The van der Waals surface area contributed by atoms with E-state index < -0.39 is 0 Å². The lowest BCUT2D eigenvalue weighted by molar-refractivity contribution is 0.401. The van der Waals surface area contributed by atoms with Crippen LogP contribution in [-0.2, 0) is 0 Å². The molecule has 1 unspecified atom stereocenters. The third-order valence-electron chi connectivity index (χ3n) is 2.92. The Bertz CT molecular complexity index is 503. The van der Waals surface area contributed by atoms with Crippen LogP contribution in [0.4, 0.5) is 0 Å². The standard InChI is InChI=1S/C10H13N5O/c1-6-12-9-8(7-3-2-4-11-5-7)15-16-10(9)14-13-6/h7,11H,2-5H2,1H3. The Kier molecular flexibility index (Phi) is 2.28. The fourth-order valence-corrected chi connectivity index (χ4v) is 2.11. The Labute approximate surface area is 92.4 Å². The van der Waals surface area contributed by atoms with Gasteiger partial charge in [-0.3, -0.25) is 0 Å². The number of nitrogens with one attached hydrogen (secondary N) is 1. The summed E-state index contributed by atoms with van der Waals surface area (Å²) in [6, 6.07) is 0. The first kappa shape index (κ1) is 9.65. The molecule has 6 nitrogen and oxygen atoms in total. The molecule has 0 amide bonds. The van der Waals surface area contributed by atoms with Crippen LogP contribution in [0.15, 0.2) is 4.52 Å². The molecule has 2 aromatic rings. The SMILES string of the molecule is Cc1nnc2onc(C3CCCNC3)c2n1. The van der Waals surface area contributed by atoms with Gasteiger partial charge in [-0.25, -0.2) is 4.98 Å². The number of hydrogen-bond donors (Lipinski definition) is 1. The molecule has 0 saturated carbocycles. The maximum atomic E-state index is 5.14. The summed E-state index contributed by atoms with van der Waals surface area (Å²) in [5, 5.41) is 15.2. The summed E-state index contributed by atoms with van der Waals surface area (Å²) in [4.78, 5) is 4.35. The smallest absolute Gasteiger partial charge is 0.295 e. The lowest BCUT2D eigenvalue weighted by Crippen LogP contribution is -2.28. The monoisotopic (exact) mass is 219 g/mol. The van der Waals surface area contributed by atoms with E-state index in [-0.39, 0.29) is 0 Å². The molecule has 2 aromatic heterocycles. The predicted octanol–water partition coefficient (Wildman–Crippen LogP) is 0.788. The molecule has 3 rings (SSSR count). The second-order valence-electron chi connectivity index (χ2n) is 4.12. The van der Waals surface area contributed by atoms with Crippen molar-refractivity contribution >= 4 is 11.2 Å². The molecule has 1 N–H and O–H groups in total. The van der Waals surface area contributed by atoms with Crippen LogP contribution in [0.2, 0.25) is 0 Å². The highest BCUT2D eigenvalue weighted by molar-refractivity contribution is 5.70. The first-order valence-electron chi connectivity index (χ1n) is 5.52. The fraction of sp³-hybridized carbons (Fsp3) is 0.600. The maximum Gasteiger partial charge on any atom is 0.295 e. The molecule has 6 heteroatoms. The summed E-state index contributed by atoms with van der Waals surface area (Å²) in [7, 11) is 0. The number of aryl methyl sites for hydroxylation is 1. The fourth-order valence-electron chi connectivity index (χ4n) is 2.11. The zero-order chi connectivity index (χ0) is 11.0. The first-order chi connectivity index (χ1) is 7.84. The van der Waals surface area contributed by atoms with Gasteiger partial charge in [-0.15, -0.1) is 10.2 Å². The molecule has 1 atom stereocenters. The van der Waals surface area contributed by atoms with Gasteiger partial charge < -0.3 is 9.84 Å². The molecule has 3 heterocycles. The second kappa shape index (κ2) is 3.79. The molecule has 0 aromatic carbocycles. The number of hydrogen-bond acceptors (Lipinski definition) is 6. The van der Waals surface area contributed by atoms with Gasteiger partial charge in [-0.05, 0) is 26.3 Å². The third kappa shape index (κ3) is 1.55. The molecule has 0 bridgehead atoms. The molecular formula is C10H13N5O. The molecular weight excluding hydrogens is 206 g/mol. The lowest BCUT2D eigenvalue weighted by Gasteiger charge is -2.20. The summed E-state index contributed by atoms with van der Waals surface area (Å²) in [5.74, 6) is 1.03. The van der Waals surface area contributed by atoms with Gasteiger partial charge in [0.2, 0.25) is 0 Å². The summed E-state index contributed by atoms with van der Waals surface area (Å²) < 4.78 is 5.14. The molecule has 0 spiro atoms. The zero-order valence-electron chi connectivity index (χ0n) is 9.10. The van der Waals surface area contributed by atoms with Crippen LogP contribution in [0, 0.1) is 6.92 Å². The Morgan fingerprint density at radius 3 is 3.12 bits per heavy atom. The molecule has 0 radical (unpaired) electrons. The topological polar surface area (TPSA) is 76.7 Å². The van der Waals surface area contributed by atoms with Crippen molar-refractivity contribution in [3.63, 3.8) is 0 Å². The van der Waals surface area contributed by atoms with Gasteiger partial charge in [0.1, 0.15) is 11.5 Å². The molecule has 84 valence electrons. The van der Waals surface area contributed by atoms with Gasteiger partial charge in [0.15, 0.2) is 5.52 Å². The lowest BCUT2D eigenvalue weighted by atomic mass is 9.96. The van der Waals surface area contributed by atoms with E-state index in [0.717, 1.165) is 37.1 Å². The summed E-state index contributed by atoms with van der Waals surface area (Å²) >= 11 is 0. The molecule has 1 saturated heterocycles. The average Bonchev–Trinajstić information content (AvgIpc) is 2.73. The number of aromatic nitrogens is 4. The zero-order valence-corrected chi connectivity index (χ0v) is 9.10. The van der Waals surface area contributed by atoms with Crippen molar-refractivity contribution in [2.24, 2.45) is 0 Å². The number of piperidine rings is 1. The normalized spacial score (nSPS) is 21.4. The largest absolute Gasteiger partial charge is 0.332 e. The van der Waals surface area contributed by atoms with Crippen LogP contribution < -0.4 is 5.32 Å². The van der Waals surface area contributed by atoms with Crippen molar-refractivity contribution in [1.82, 2.24) is 25.7 Å². The van der Waals surface area contributed by atoms with E-state index in [0.29, 0.717) is 17.5 Å². The quantitative estimate of drug-likeness (QED) is 0.764. The van der Waals surface area contributed by atoms with Crippen molar-refractivity contribution in [1.29, 1.82) is 0 Å². The van der Waals surface area contributed by atoms with Gasteiger partial charge in [0.05, 0.1) is 0 Å². The van der Waals surface area contributed by atoms with Crippen LogP contribution in [0.5, 0.6) is 0 Å². The average molecular weight is 219 g/mol. The van der Waals surface area contributed by atoms with Crippen molar-refractivity contribution in [3.05, 3.63) is 11.5 Å². The van der Waals surface area contributed by atoms with Gasteiger partial charge >= 0.3 is 0 Å². The second-order valence-corrected chi connectivity index (χ2v) is 4.12. The van der Waals surface area contributed by atoms with Crippen LogP contribution in [0.1, 0.15) is 30.3 Å². The van der Waals surface area contributed by atoms with Crippen LogP contribution >= 0.6 is 0 Å². The van der Waals surface area contributed by atoms with Crippen molar-refractivity contribution in [2.75, 3.05) is 13.1 Å². The summed E-state index contributed by atoms with van der Waals surface area (Å²) in [6.45, 7) is 3.84. The van der Waals surface area contributed by atoms with Gasteiger partial charge in [-0.2, -0.15) is 0 Å². The Morgan fingerprint density at radius 1 is 1.38 bits per heavy atom. The predicted molar refractivity (Wildman–Crippen MR) is 57.0 cm³/mol. The number of fused-ring (bicyclic) bond motifs is 1. The molecule has 1 aliphatic rings. The van der Waals surface area contributed by atoms with Crippen LogP contribution in [0.3, 0.4) is 0 Å². The van der Waals surface area contributed by atoms with Gasteiger partial charge in [0.25, 0.3) is 5.71 Å². The van der Waals surface area contributed by atoms with E-state index in [2.05, 4.69) is 25.7 Å². The van der Waals surface area contributed by atoms with Crippen molar-refractivity contribution < 1.29 is 4.52 Å². The van der Waals surface area contributed by atoms with Gasteiger partial charge in [-0.1, -0.05) is 5.16 Å². The third-order valence-corrected chi connectivity index (χ3v) is 2.92. The van der Waals surface area contributed by atoms with E-state index in [1.54, 1.807) is 0 Å². The first-order valence-corrected chi connectivity index (χ1v) is 5.52. The van der Waals surface area contributed by atoms with Crippen LogP contribution in [0.25, 0.3) is 11.2 Å². The summed E-state index contributed by atoms with van der Waals surface area (Å²) in [5.41, 5.74) is 2.12. The maximum absolute atomic E-state index is 5.14. The van der Waals surface area contributed by atoms with E-state index in [4.69, 9.17) is 4.52 Å². The Balaban J connectivity index is 2.05. The van der Waals surface area contributed by atoms with E-state index in [1.165, 1.54) is 0 Å². The van der Waals surface area contributed by atoms with Gasteiger partial charge in [0, 0.05) is 12.5 Å². The number of nitrogens with zero attached hydrogens (tertiary/aromatic N) is 4. The Morgan fingerprint density at radius 2 is 2.31 bits per heavy atom. The minimum atomic E-state index is 0.381. The van der Waals surface area contributed by atoms with Crippen molar-refractivity contribution in [2.45, 2.75) is 25.7 Å². The minimum absolute atomic E-state index is 0.381. The summed E-state index contributed by atoms with van der Waals surface area (Å²) in [6.07, 6.45) is 2.29. The van der Waals surface area contributed by atoms with E-state index >= 15 is 0 Å². The highest BCUT2D eigenvalue weighted by Gasteiger charge is 2.23. The Hall–Kier alpha value is -1.56. The number of rotatable bonds is 1. The molecule has 16 heavy (non-hydrogen) atoms. The highest BCUT2D eigenvalue weighted by atomic mass is 16.5. The minimum Gasteiger partial charge on any atom is -0.332 e. The molecule has 0 aliphatic carbocycles. The highest BCUT2D eigenvalue weighted by Crippen LogP contribution is 2.26.